The minimum Gasteiger partial charge on any atom is -0.477 e. The third-order valence-electron chi connectivity index (χ3n) is 2.82. The van der Waals surface area contributed by atoms with Crippen molar-refractivity contribution >= 4 is 15.9 Å². The quantitative estimate of drug-likeness (QED) is 0.354. The van der Waals surface area contributed by atoms with E-state index in [1.54, 1.807) is 30.3 Å². The van der Waals surface area contributed by atoms with E-state index in [4.69, 9.17) is 4.74 Å². The monoisotopic (exact) mass is 363 g/mol. The normalized spacial score (nSPS) is 25.3. The first-order valence-electron chi connectivity index (χ1n) is 5.77. The zero-order valence-corrected chi connectivity index (χ0v) is 12.0. The van der Waals surface area contributed by atoms with Gasteiger partial charge in [-0.15, -0.1) is 0 Å². The third-order valence-corrected chi connectivity index (χ3v) is 3.79. The van der Waals surface area contributed by atoms with E-state index < -0.39 is 27.2 Å². The Hall–Kier alpha value is -1.83. The maximum Gasteiger partial charge on any atom is 0.416 e. The molecule has 2 atom stereocenters. The van der Waals surface area contributed by atoms with Gasteiger partial charge < -0.3 is 4.74 Å². The van der Waals surface area contributed by atoms with Crippen LogP contribution in [-0.2, 0) is 0 Å². The minimum atomic E-state index is -4.66. The number of hydrogen-bond donors (Lipinski definition) is 0. The van der Waals surface area contributed by atoms with Crippen molar-refractivity contribution in [2.45, 2.75) is 16.7 Å². The molecule has 21 heavy (non-hydrogen) atoms. The van der Waals surface area contributed by atoms with Crippen molar-refractivity contribution in [2.75, 3.05) is 0 Å². The highest BCUT2D eigenvalue weighted by Crippen LogP contribution is 2.39. The molecule has 2 rings (SSSR count). The van der Waals surface area contributed by atoms with Crippen LogP contribution in [0.4, 0.5) is 13.2 Å². The van der Waals surface area contributed by atoms with Gasteiger partial charge in [-0.2, -0.15) is 13.2 Å². The predicted molar refractivity (Wildman–Crippen MR) is 72.8 cm³/mol. The first-order chi connectivity index (χ1) is 9.73. The lowest BCUT2D eigenvalue weighted by molar-refractivity contribution is -0.530. The first-order valence-corrected chi connectivity index (χ1v) is 6.56. The second-order valence-electron chi connectivity index (χ2n) is 4.29. The lowest BCUT2D eigenvalue weighted by Gasteiger charge is -2.28. The van der Waals surface area contributed by atoms with Crippen LogP contribution in [0.2, 0.25) is 0 Å². The van der Waals surface area contributed by atoms with Gasteiger partial charge >= 0.3 is 10.6 Å². The van der Waals surface area contributed by atoms with Gasteiger partial charge in [-0.05, 0) is 18.2 Å². The largest absolute Gasteiger partial charge is 0.477 e. The molecule has 0 saturated heterocycles. The summed E-state index contributed by atoms with van der Waals surface area (Å²) in [4.78, 5) is 10.3. The molecular weight excluding hydrogens is 355 g/mol. The fraction of sp³-hybridized carbons (Fsp3) is 0.231. The maximum atomic E-state index is 12.7. The molecule has 1 aliphatic rings. The Morgan fingerprint density at radius 3 is 2.43 bits per heavy atom. The summed E-state index contributed by atoms with van der Waals surface area (Å²) in [6.07, 6.45) is -3.56. The Labute approximate surface area is 126 Å². The van der Waals surface area contributed by atoms with E-state index in [1.807, 2.05) is 0 Å². The van der Waals surface area contributed by atoms with Crippen LogP contribution in [0.3, 0.4) is 0 Å². The summed E-state index contributed by atoms with van der Waals surface area (Å²) in [6.45, 7) is 0. The summed E-state index contributed by atoms with van der Waals surface area (Å²) < 4.78 is 41.3. The molecule has 0 fully saturated rings. The molecule has 0 amide bonds. The molecule has 0 aliphatic heterocycles. The Balaban J connectivity index is 2.34. The van der Waals surface area contributed by atoms with E-state index in [9.17, 15) is 23.3 Å². The number of alkyl halides is 4. The number of allylic oxidation sites excluding steroid dienone is 2. The Morgan fingerprint density at radius 1 is 1.29 bits per heavy atom. The average molecular weight is 364 g/mol. The Bertz CT molecular complexity index is 600. The van der Waals surface area contributed by atoms with Crippen molar-refractivity contribution in [1.29, 1.82) is 0 Å². The minimum absolute atomic E-state index is 0.321. The number of nitro groups is 1. The number of ether oxygens (including phenoxy) is 1. The molecule has 0 spiro atoms. The molecule has 0 bridgehead atoms. The van der Waals surface area contributed by atoms with Gasteiger partial charge in [0, 0.05) is 26.9 Å². The van der Waals surface area contributed by atoms with Crippen LogP contribution in [-0.4, -0.2) is 21.7 Å². The fourth-order valence-corrected chi connectivity index (χ4v) is 2.27. The highest BCUT2D eigenvalue weighted by molar-refractivity contribution is 9.10. The van der Waals surface area contributed by atoms with Gasteiger partial charge in [0.1, 0.15) is 5.75 Å². The van der Waals surface area contributed by atoms with E-state index in [2.05, 4.69) is 15.9 Å². The zero-order chi connectivity index (χ0) is 15.7. The second-order valence-corrected chi connectivity index (χ2v) is 5.56. The summed E-state index contributed by atoms with van der Waals surface area (Å²) in [6, 6.07) is 8.15. The van der Waals surface area contributed by atoms with Crippen molar-refractivity contribution in [3.8, 4) is 5.75 Å². The molecule has 1 aliphatic carbocycles. The maximum absolute atomic E-state index is 12.7. The molecule has 0 unspecified atom stereocenters. The van der Waals surface area contributed by atoms with E-state index in [-0.39, 0.29) is 0 Å². The third kappa shape index (κ3) is 3.26. The van der Waals surface area contributed by atoms with E-state index in [1.165, 1.54) is 0 Å². The van der Waals surface area contributed by atoms with Crippen LogP contribution >= 0.6 is 15.9 Å². The average Bonchev–Trinajstić information content (AvgIpc) is 2.41. The molecule has 1 aromatic rings. The van der Waals surface area contributed by atoms with Crippen LogP contribution in [0.15, 0.2) is 54.1 Å². The molecule has 0 aromatic heterocycles. The molecular formula is C13H9BrF3NO3. The summed E-state index contributed by atoms with van der Waals surface area (Å²) in [5.41, 5.74) is -1.09. The lowest BCUT2D eigenvalue weighted by atomic mass is 10.00. The summed E-state index contributed by atoms with van der Waals surface area (Å²) in [5.74, 6) is 0.321. The van der Waals surface area contributed by atoms with Crippen molar-refractivity contribution in [2.24, 2.45) is 0 Å². The summed E-state index contributed by atoms with van der Waals surface area (Å²) in [5, 5.41) is 11.2. The van der Waals surface area contributed by atoms with Gasteiger partial charge in [0.2, 0.25) is 6.10 Å². The smallest absolute Gasteiger partial charge is 0.416 e. The van der Waals surface area contributed by atoms with Crippen LogP contribution in [0.5, 0.6) is 5.75 Å². The predicted octanol–water partition coefficient (Wildman–Crippen LogP) is 3.86. The Kier molecular flexibility index (Phi) is 4.08. The molecule has 0 radical (unpaired) electrons. The van der Waals surface area contributed by atoms with Crippen LogP contribution < -0.4 is 4.74 Å². The Morgan fingerprint density at radius 2 is 1.90 bits per heavy atom. The number of nitrogens with zero attached hydrogens (tertiary/aromatic N) is 1. The number of para-hydroxylation sites is 1. The number of hydrogen-bond acceptors (Lipinski definition) is 3. The molecule has 1 aromatic carbocycles. The molecule has 112 valence electrons. The highest BCUT2D eigenvalue weighted by Gasteiger charge is 2.52. The number of benzene rings is 1. The van der Waals surface area contributed by atoms with E-state index in [0.29, 0.717) is 11.8 Å². The molecule has 0 saturated carbocycles. The van der Waals surface area contributed by atoms with Crippen molar-refractivity contribution in [1.82, 2.24) is 0 Å². The van der Waals surface area contributed by atoms with Gasteiger partial charge in [0.05, 0.1) is 5.57 Å². The second kappa shape index (κ2) is 5.51. The van der Waals surface area contributed by atoms with E-state index in [0.717, 1.165) is 12.2 Å². The number of halogens is 4. The van der Waals surface area contributed by atoms with Crippen molar-refractivity contribution in [3.63, 3.8) is 0 Å². The summed E-state index contributed by atoms with van der Waals surface area (Å²) in [7, 11) is 0. The van der Waals surface area contributed by atoms with Crippen molar-refractivity contribution in [3.05, 3.63) is 64.2 Å². The van der Waals surface area contributed by atoms with Crippen molar-refractivity contribution < 1.29 is 22.8 Å². The van der Waals surface area contributed by atoms with Crippen LogP contribution in [0, 0.1) is 10.1 Å². The van der Waals surface area contributed by atoms with Gasteiger partial charge in [-0.1, -0.05) is 24.3 Å². The zero-order valence-electron chi connectivity index (χ0n) is 10.4. The standard InChI is InChI=1S/C13H9BrF3NO3/c14-12(18(19)20)8-9(13(15,16)17)6-7-11(12)21-10-4-2-1-3-5-10/h1-8,11H/t11-,12+/m1/s1. The van der Waals surface area contributed by atoms with Crippen LogP contribution in [0.25, 0.3) is 0 Å². The number of rotatable bonds is 3. The fourth-order valence-electron chi connectivity index (χ4n) is 1.77. The summed E-state index contributed by atoms with van der Waals surface area (Å²) >= 11 is 2.77. The SMILES string of the molecule is O=[N+]([O-])[C@@]1(Br)C=C(C(F)(F)F)C=C[C@H]1Oc1ccccc1. The molecule has 8 heteroatoms. The topological polar surface area (TPSA) is 52.4 Å². The van der Waals surface area contributed by atoms with Gasteiger partial charge in [-0.3, -0.25) is 10.1 Å². The van der Waals surface area contributed by atoms with Gasteiger partial charge in [-0.25, -0.2) is 0 Å². The van der Waals surface area contributed by atoms with Gasteiger partial charge in [0.15, 0.2) is 0 Å². The lowest BCUT2D eigenvalue weighted by Crippen LogP contribution is -2.46. The highest BCUT2D eigenvalue weighted by atomic mass is 79.9. The van der Waals surface area contributed by atoms with Crippen LogP contribution in [0.1, 0.15) is 0 Å². The van der Waals surface area contributed by atoms with E-state index >= 15 is 0 Å². The molecule has 0 N–H and O–H groups in total. The molecule has 4 nitrogen and oxygen atoms in total. The first kappa shape index (κ1) is 15.6. The molecule has 0 heterocycles. The van der Waals surface area contributed by atoms with Gasteiger partial charge in [0.25, 0.3) is 0 Å².